The first-order valence-electron chi connectivity index (χ1n) is 8.82. The Morgan fingerprint density at radius 1 is 1.12 bits per heavy atom. The van der Waals surface area contributed by atoms with Gasteiger partial charge in [-0.2, -0.15) is 0 Å². The van der Waals surface area contributed by atoms with Crippen molar-refractivity contribution in [2.75, 3.05) is 13.7 Å². The molecule has 0 saturated heterocycles. The van der Waals surface area contributed by atoms with Gasteiger partial charge in [-0.15, -0.1) is 0 Å². The van der Waals surface area contributed by atoms with Gasteiger partial charge in [-0.05, 0) is 60.2 Å². The van der Waals surface area contributed by atoms with Crippen LogP contribution in [0.25, 0.3) is 0 Å². The van der Waals surface area contributed by atoms with E-state index in [2.05, 4.69) is 0 Å². The number of amides is 1. The highest BCUT2D eigenvalue weighted by molar-refractivity contribution is 5.88. The van der Waals surface area contributed by atoms with Gasteiger partial charge in [-0.1, -0.05) is 18.2 Å². The van der Waals surface area contributed by atoms with Crippen molar-refractivity contribution in [3.05, 3.63) is 64.7 Å². The summed E-state index contributed by atoms with van der Waals surface area (Å²) in [5.74, 6) is 0.0261. The van der Waals surface area contributed by atoms with Crippen LogP contribution in [0.2, 0.25) is 0 Å². The van der Waals surface area contributed by atoms with Crippen LogP contribution in [0.4, 0.5) is 0 Å². The maximum Gasteiger partial charge on any atom is 0.335 e. The van der Waals surface area contributed by atoms with E-state index in [0.29, 0.717) is 19.5 Å². The van der Waals surface area contributed by atoms with E-state index >= 15 is 0 Å². The van der Waals surface area contributed by atoms with Gasteiger partial charge in [0.1, 0.15) is 5.75 Å². The molecule has 5 heteroatoms. The third-order valence-corrected chi connectivity index (χ3v) is 4.83. The van der Waals surface area contributed by atoms with E-state index in [-0.39, 0.29) is 11.5 Å². The summed E-state index contributed by atoms with van der Waals surface area (Å²) >= 11 is 0. The first kappa shape index (κ1) is 18.0. The molecule has 136 valence electrons. The quantitative estimate of drug-likeness (QED) is 0.865. The fraction of sp³-hybridized carbons (Fsp3) is 0.333. The van der Waals surface area contributed by atoms with Crippen molar-refractivity contribution in [1.82, 2.24) is 4.90 Å². The molecule has 0 spiro atoms. The molecule has 1 aliphatic rings. The lowest BCUT2D eigenvalue weighted by atomic mass is 9.97. The number of carboxylic acids is 1. The van der Waals surface area contributed by atoms with Crippen molar-refractivity contribution in [3.63, 3.8) is 0 Å². The zero-order chi connectivity index (χ0) is 18.5. The summed E-state index contributed by atoms with van der Waals surface area (Å²) in [5, 5.41) is 9.13. The van der Waals surface area contributed by atoms with Crippen LogP contribution in [0.5, 0.6) is 5.75 Å². The van der Waals surface area contributed by atoms with Gasteiger partial charge in [0, 0.05) is 19.5 Å². The first-order chi connectivity index (χ1) is 12.6. The Hall–Kier alpha value is -2.82. The maximum absolute atomic E-state index is 12.5. The van der Waals surface area contributed by atoms with Crippen LogP contribution < -0.4 is 4.74 Å². The molecule has 26 heavy (non-hydrogen) atoms. The molecule has 1 heterocycles. The Balaban J connectivity index is 1.53. The smallest absolute Gasteiger partial charge is 0.335 e. The Bertz CT molecular complexity index is 798. The Labute approximate surface area is 153 Å². The normalized spacial score (nSPS) is 13.2. The number of benzene rings is 2. The van der Waals surface area contributed by atoms with Crippen molar-refractivity contribution in [2.45, 2.75) is 32.2 Å². The van der Waals surface area contributed by atoms with Gasteiger partial charge in [0.05, 0.1) is 12.7 Å². The molecule has 1 aliphatic heterocycles. The van der Waals surface area contributed by atoms with Gasteiger partial charge in [0.25, 0.3) is 0 Å². The second-order valence-corrected chi connectivity index (χ2v) is 6.56. The Morgan fingerprint density at radius 2 is 1.88 bits per heavy atom. The summed E-state index contributed by atoms with van der Waals surface area (Å²) in [5.41, 5.74) is 3.54. The largest absolute Gasteiger partial charge is 0.497 e. The molecule has 5 nitrogen and oxygen atoms in total. The number of nitrogens with zero attached hydrogens (tertiary/aromatic N) is 1. The van der Waals surface area contributed by atoms with E-state index in [9.17, 15) is 9.59 Å². The van der Waals surface area contributed by atoms with E-state index in [4.69, 9.17) is 9.84 Å². The van der Waals surface area contributed by atoms with Crippen molar-refractivity contribution in [2.24, 2.45) is 0 Å². The minimum atomic E-state index is -0.934. The summed E-state index contributed by atoms with van der Waals surface area (Å²) < 4.78 is 5.15. The number of hydrogen-bond donors (Lipinski definition) is 1. The van der Waals surface area contributed by atoms with Gasteiger partial charge in [0.2, 0.25) is 5.91 Å². The van der Waals surface area contributed by atoms with Crippen LogP contribution in [0, 0.1) is 0 Å². The second kappa shape index (κ2) is 8.04. The molecule has 0 radical (unpaired) electrons. The lowest BCUT2D eigenvalue weighted by Crippen LogP contribution is -2.36. The zero-order valence-corrected chi connectivity index (χ0v) is 14.9. The molecule has 0 bridgehead atoms. The van der Waals surface area contributed by atoms with E-state index in [1.165, 1.54) is 5.56 Å². The Kier molecular flexibility index (Phi) is 5.56. The third kappa shape index (κ3) is 4.23. The van der Waals surface area contributed by atoms with E-state index < -0.39 is 5.97 Å². The number of carboxylic acid groups (broad SMARTS) is 1. The van der Waals surface area contributed by atoms with Crippen LogP contribution in [0.3, 0.4) is 0 Å². The number of methoxy groups -OCH3 is 1. The third-order valence-electron chi connectivity index (χ3n) is 4.83. The van der Waals surface area contributed by atoms with Crippen LogP contribution in [0.15, 0.2) is 42.5 Å². The van der Waals surface area contributed by atoms with Crippen molar-refractivity contribution in [1.29, 1.82) is 0 Å². The zero-order valence-electron chi connectivity index (χ0n) is 14.9. The average Bonchev–Trinajstić information content (AvgIpc) is 2.67. The molecular formula is C21H23NO4. The predicted octanol–water partition coefficient (Wildman–Crippen LogP) is 3.30. The summed E-state index contributed by atoms with van der Waals surface area (Å²) in [4.78, 5) is 25.5. The van der Waals surface area contributed by atoms with Gasteiger partial charge in [0.15, 0.2) is 0 Å². The standard InChI is InChI=1S/C21H23NO4/c1-26-19-9-5-15(6-10-19)3-2-4-20(23)22-12-11-16-7-8-17(21(24)25)13-18(16)14-22/h5-10,13H,2-4,11-12,14H2,1H3,(H,24,25). The van der Waals surface area contributed by atoms with Crippen molar-refractivity contribution < 1.29 is 19.4 Å². The highest BCUT2D eigenvalue weighted by Gasteiger charge is 2.21. The summed E-state index contributed by atoms with van der Waals surface area (Å²) in [7, 11) is 1.64. The van der Waals surface area contributed by atoms with Crippen molar-refractivity contribution in [3.8, 4) is 5.75 Å². The molecule has 0 saturated carbocycles. The molecule has 3 rings (SSSR count). The number of rotatable bonds is 6. The molecule has 2 aromatic rings. The highest BCUT2D eigenvalue weighted by Crippen LogP contribution is 2.22. The molecule has 0 aliphatic carbocycles. The lowest BCUT2D eigenvalue weighted by molar-refractivity contribution is -0.132. The van der Waals surface area contributed by atoms with Gasteiger partial charge < -0.3 is 14.7 Å². The van der Waals surface area contributed by atoms with Crippen LogP contribution >= 0.6 is 0 Å². The van der Waals surface area contributed by atoms with Crippen LogP contribution in [-0.2, 0) is 24.2 Å². The molecule has 1 N–H and O–H groups in total. The predicted molar refractivity (Wildman–Crippen MR) is 98.5 cm³/mol. The van der Waals surface area contributed by atoms with E-state index in [0.717, 1.165) is 36.1 Å². The van der Waals surface area contributed by atoms with Gasteiger partial charge in [-0.3, -0.25) is 4.79 Å². The maximum atomic E-state index is 12.5. The number of carbonyl (C=O) groups excluding carboxylic acids is 1. The molecule has 0 fully saturated rings. The minimum absolute atomic E-state index is 0.130. The number of hydrogen-bond acceptors (Lipinski definition) is 3. The SMILES string of the molecule is COc1ccc(CCCC(=O)N2CCc3ccc(C(=O)O)cc3C2)cc1. The lowest BCUT2D eigenvalue weighted by Gasteiger charge is -2.29. The number of fused-ring (bicyclic) bond motifs is 1. The highest BCUT2D eigenvalue weighted by atomic mass is 16.5. The monoisotopic (exact) mass is 353 g/mol. The Morgan fingerprint density at radius 3 is 2.58 bits per heavy atom. The molecule has 2 aromatic carbocycles. The number of aryl methyl sites for hydroxylation is 1. The fourth-order valence-corrected chi connectivity index (χ4v) is 3.30. The topological polar surface area (TPSA) is 66.8 Å². The van der Waals surface area contributed by atoms with E-state index in [1.807, 2.05) is 35.2 Å². The van der Waals surface area contributed by atoms with Crippen LogP contribution in [0.1, 0.15) is 39.9 Å². The number of aromatic carboxylic acids is 1. The second-order valence-electron chi connectivity index (χ2n) is 6.56. The number of ether oxygens (including phenoxy) is 1. The first-order valence-corrected chi connectivity index (χ1v) is 8.82. The summed E-state index contributed by atoms with van der Waals surface area (Å²) in [6, 6.07) is 13.1. The summed E-state index contributed by atoms with van der Waals surface area (Å²) in [6.07, 6.45) is 2.92. The molecule has 0 unspecified atom stereocenters. The summed E-state index contributed by atoms with van der Waals surface area (Å²) in [6.45, 7) is 1.19. The average molecular weight is 353 g/mol. The molecule has 0 atom stereocenters. The van der Waals surface area contributed by atoms with Crippen LogP contribution in [-0.4, -0.2) is 35.5 Å². The van der Waals surface area contributed by atoms with Gasteiger partial charge in [-0.25, -0.2) is 4.79 Å². The number of carbonyl (C=O) groups is 2. The van der Waals surface area contributed by atoms with Gasteiger partial charge >= 0.3 is 5.97 Å². The molecular weight excluding hydrogens is 330 g/mol. The minimum Gasteiger partial charge on any atom is -0.497 e. The van der Waals surface area contributed by atoms with E-state index in [1.54, 1.807) is 19.2 Å². The molecule has 0 aromatic heterocycles. The molecule has 1 amide bonds. The van der Waals surface area contributed by atoms with Crippen molar-refractivity contribution >= 4 is 11.9 Å². The fourth-order valence-electron chi connectivity index (χ4n) is 3.30.